The van der Waals surface area contributed by atoms with Crippen LogP contribution < -0.4 is 22.1 Å². The number of nitrogens with two attached hydrogens (primary N) is 2. The van der Waals surface area contributed by atoms with Crippen molar-refractivity contribution < 1.29 is 29.1 Å². The number of nitrogens with one attached hydrogen (secondary N) is 2. The molecule has 25 heavy (non-hydrogen) atoms. The van der Waals surface area contributed by atoms with Gasteiger partial charge in [0.15, 0.2) is 0 Å². The van der Waals surface area contributed by atoms with E-state index in [4.69, 9.17) is 16.6 Å². The molecule has 1 saturated heterocycles. The Balaban J connectivity index is 2.45. The van der Waals surface area contributed by atoms with E-state index in [0.29, 0.717) is 19.4 Å². The monoisotopic (exact) mass is 357 g/mol. The minimum Gasteiger partial charge on any atom is -0.480 e. The molecule has 0 aliphatic carbocycles. The average Bonchev–Trinajstić information content (AvgIpc) is 3.00. The topological polar surface area (TPSA) is 185 Å². The van der Waals surface area contributed by atoms with Crippen molar-refractivity contribution in [3.05, 3.63) is 0 Å². The third kappa shape index (κ3) is 6.03. The van der Waals surface area contributed by atoms with Gasteiger partial charge in [0.1, 0.15) is 12.1 Å². The van der Waals surface area contributed by atoms with Crippen LogP contribution in [0.25, 0.3) is 0 Å². The van der Waals surface area contributed by atoms with Crippen LogP contribution >= 0.6 is 0 Å². The summed E-state index contributed by atoms with van der Waals surface area (Å²) in [5.74, 6) is -3.70. The molecule has 140 valence electrons. The SMILES string of the molecule is CC(NC(=O)CNC(=O)C(N)CC(N)=O)C(=O)N1CCCC1C(=O)O. The molecular formula is C14H23N5O6. The number of carboxylic acid groups (broad SMARTS) is 1. The molecule has 3 atom stereocenters. The average molecular weight is 357 g/mol. The predicted octanol–water partition coefficient (Wildman–Crippen LogP) is -3.11. The fourth-order valence-corrected chi connectivity index (χ4v) is 2.50. The van der Waals surface area contributed by atoms with Crippen molar-refractivity contribution >= 4 is 29.6 Å². The minimum absolute atomic E-state index is 0.314. The van der Waals surface area contributed by atoms with Crippen molar-refractivity contribution in [3.8, 4) is 0 Å². The maximum atomic E-state index is 12.3. The number of carboxylic acids is 1. The number of hydrogen-bond acceptors (Lipinski definition) is 6. The smallest absolute Gasteiger partial charge is 0.326 e. The van der Waals surface area contributed by atoms with Gasteiger partial charge in [-0.15, -0.1) is 0 Å². The zero-order chi connectivity index (χ0) is 19.1. The summed E-state index contributed by atoms with van der Waals surface area (Å²) in [5.41, 5.74) is 10.3. The summed E-state index contributed by atoms with van der Waals surface area (Å²) in [6, 6.07) is -2.99. The first-order valence-corrected chi connectivity index (χ1v) is 7.77. The van der Waals surface area contributed by atoms with Crippen LogP contribution in [0.1, 0.15) is 26.2 Å². The number of likely N-dealkylation sites (tertiary alicyclic amines) is 1. The summed E-state index contributed by atoms with van der Waals surface area (Å²) in [6.45, 7) is 1.30. The second-order valence-corrected chi connectivity index (χ2v) is 5.81. The van der Waals surface area contributed by atoms with E-state index in [1.54, 1.807) is 0 Å². The van der Waals surface area contributed by atoms with Gasteiger partial charge in [-0.25, -0.2) is 4.79 Å². The fourth-order valence-electron chi connectivity index (χ4n) is 2.50. The summed E-state index contributed by atoms with van der Waals surface area (Å²) in [7, 11) is 0. The zero-order valence-corrected chi connectivity index (χ0v) is 13.9. The van der Waals surface area contributed by atoms with Crippen LogP contribution in [0.15, 0.2) is 0 Å². The van der Waals surface area contributed by atoms with Gasteiger partial charge in [-0.3, -0.25) is 19.2 Å². The molecule has 0 aromatic rings. The third-order valence-electron chi connectivity index (χ3n) is 3.75. The highest BCUT2D eigenvalue weighted by atomic mass is 16.4. The van der Waals surface area contributed by atoms with E-state index in [-0.39, 0.29) is 6.42 Å². The molecule has 1 fully saturated rings. The van der Waals surface area contributed by atoms with Crippen LogP contribution in [0, 0.1) is 0 Å². The van der Waals surface area contributed by atoms with Crippen LogP contribution in [-0.4, -0.2) is 70.8 Å². The minimum atomic E-state index is -1.16. The Bertz CT molecular complexity index is 566. The van der Waals surface area contributed by atoms with Crippen LogP contribution in [0.2, 0.25) is 0 Å². The Morgan fingerprint density at radius 3 is 2.48 bits per heavy atom. The molecule has 1 heterocycles. The lowest BCUT2D eigenvalue weighted by atomic mass is 10.2. The van der Waals surface area contributed by atoms with Crippen molar-refractivity contribution in [2.24, 2.45) is 11.5 Å². The summed E-state index contributed by atoms with van der Waals surface area (Å²) in [6.07, 6.45) is 0.598. The largest absolute Gasteiger partial charge is 0.480 e. The van der Waals surface area contributed by atoms with Crippen molar-refractivity contribution in [1.29, 1.82) is 0 Å². The van der Waals surface area contributed by atoms with Crippen LogP contribution in [0.3, 0.4) is 0 Å². The van der Waals surface area contributed by atoms with Gasteiger partial charge in [0, 0.05) is 6.54 Å². The second kappa shape index (κ2) is 8.97. The molecular weight excluding hydrogens is 334 g/mol. The zero-order valence-electron chi connectivity index (χ0n) is 13.9. The van der Waals surface area contributed by atoms with Crippen LogP contribution in [0.4, 0.5) is 0 Å². The standard InChI is InChI=1S/C14H23N5O6/c1-7(13(23)19-4-2-3-9(19)14(24)25)18-11(21)6-17-12(22)8(15)5-10(16)20/h7-9H,2-6,15H2,1H3,(H2,16,20)(H,17,22)(H,18,21)(H,24,25). The van der Waals surface area contributed by atoms with Crippen molar-refractivity contribution in [2.45, 2.75) is 44.3 Å². The van der Waals surface area contributed by atoms with Crippen molar-refractivity contribution in [2.75, 3.05) is 13.1 Å². The molecule has 11 heteroatoms. The van der Waals surface area contributed by atoms with Gasteiger partial charge in [0.25, 0.3) is 0 Å². The van der Waals surface area contributed by atoms with Crippen molar-refractivity contribution in [3.63, 3.8) is 0 Å². The number of carbonyl (C=O) groups excluding carboxylic acids is 4. The lowest BCUT2D eigenvalue weighted by molar-refractivity contribution is -0.149. The van der Waals surface area contributed by atoms with Gasteiger partial charge in [-0.2, -0.15) is 0 Å². The maximum Gasteiger partial charge on any atom is 0.326 e. The van der Waals surface area contributed by atoms with Crippen LogP contribution in [-0.2, 0) is 24.0 Å². The molecule has 1 aliphatic rings. The molecule has 0 aromatic heterocycles. The van der Waals surface area contributed by atoms with E-state index < -0.39 is 54.3 Å². The van der Waals surface area contributed by atoms with Gasteiger partial charge in [-0.05, 0) is 19.8 Å². The van der Waals surface area contributed by atoms with Crippen molar-refractivity contribution in [1.82, 2.24) is 15.5 Å². The highest BCUT2D eigenvalue weighted by Crippen LogP contribution is 2.18. The molecule has 1 aliphatic heterocycles. The van der Waals surface area contributed by atoms with Gasteiger partial charge < -0.3 is 32.1 Å². The molecule has 7 N–H and O–H groups in total. The molecule has 0 spiro atoms. The molecule has 3 unspecified atom stereocenters. The Hall–Kier alpha value is -2.69. The number of rotatable bonds is 8. The van der Waals surface area contributed by atoms with Gasteiger partial charge in [-0.1, -0.05) is 0 Å². The number of nitrogens with zero attached hydrogens (tertiary/aromatic N) is 1. The highest BCUT2D eigenvalue weighted by molar-refractivity contribution is 5.93. The second-order valence-electron chi connectivity index (χ2n) is 5.81. The number of hydrogen-bond donors (Lipinski definition) is 5. The normalized spacial score (nSPS) is 19.0. The first-order valence-electron chi connectivity index (χ1n) is 7.77. The quantitative estimate of drug-likeness (QED) is 0.304. The predicted molar refractivity (Wildman–Crippen MR) is 84.8 cm³/mol. The van der Waals surface area contributed by atoms with E-state index in [1.165, 1.54) is 11.8 Å². The lowest BCUT2D eigenvalue weighted by Gasteiger charge is -2.25. The first kappa shape index (κ1) is 20.4. The van der Waals surface area contributed by atoms with Gasteiger partial charge in [0.05, 0.1) is 19.0 Å². The molecule has 4 amide bonds. The summed E-state index contributed by atoms with van der Waals surface area (Å²) in [4.78, 5) is 58.6. The Labute approximate surface area is 144 Å². The third-order valence-corrected chi connectivity index (χ3v) is 3.75. The van der Waals surface area contributed by atoms with Gasteiger partial charge in [0.2, 0.25) is 23.6 Å². The number of primary amides is 1. The molecule has 1 rings (SSSR count). The summed E-state index contributed by atoms with van der Waals surface area (Å²) in [5, 5.41) is 13.7. The molecule has 11 nitrogen and oxygen atoms in total. The lowest BCUT2D eigenvalue weighted by Crippen LogP contribution is -2.52. The number of amides is 4. The maximum absolute atomic E-state index is 12.3. The van der Waals surface area contributed by atoms with E-state index in [9.17, 15) is 24.0 Å². The Kier molecular flexibility index (Phi) is 7.30. The number of carbonyl (C=O) groups is 5. The van der Waals surface area contributed by atoms with E-state index in [0.717, 1.165) is 0 Å². The summed E-state index contributed by atoms with van der Waals surface area (Å²) < 4.78 is 0. The fraction of sp³-hybridized carbons (Fsp3) is 0.643. The van der Waals surface area contributed by atoms with E-state index in [2.05, 4.69) is 10.6 Å². The first-order chi connectivity index (χ1) is 11.6. The van der Waals surface area contributed by atoms with E-state index in [1.807, 2.05) is 0 Å². The van der Waals surface area contributed by atoms with E-state index >= 15 is 0 Å². The molecule has 0 aromatic carbocycles. The highest BCUT2D eigenvalue weighted by Gasteiger charge is 2.36. The molecule has 0 saturated carbocycles. The summed E-state index contributed by atoms with van der Waals surface area (Å²) >= 11 is 0. The molecule has 0 radical (unpaired) electrons. The Morgan fingerprint density at radius 1 is 1.28 bits per heavy atom. The Morgan fingerprint density at radius 2 is 1.92 bits per heavy atom. The number of aliphatic carboxylic acids is 1. The molecule has 0 bridgehead atoms. The van der Waals surface area contributed by atoms with Crippen LogP contribution in [0.5, 0.6) is 0 Å². The van der Waals surface area contributed by atoms with Gasteiger partial charge >= 0.3 is 5.97 Å².